The largest absolute Gasteiger partial charge is 0.390 e. The van der Waals surface area contributed by atoms with Crippen molar-refractivity contribution in [3.05, 3.63) is 12.2 Å². The molecule has 2 rings (SSSR count). The summed E-state index contributed by atoms with van der Waals surface area (Å²) in [5.74, 6) is 1.14. The molecular weight excluding hydrogens is 276 g/mol. The van der Waals surface area contributed by atoms with E-state index < -0.39 is 5.60 Å². The summed E-state index contributed by atoms with van der Waals surface area (Å²) in [6.45, 7) is 11.4. The molecule has 3 nitrogen and oxygen atoms in total. The van der Waals surface area contributed by atoms with Gasteiger partial charge in [-0.15, -0.1) is 0 Å². The summed E-state index contributed by atoms with van der Waals surface area (Å²) >= 11 is 0. The van der Waals surface area contributed by atoms with Gasteiger partial charge in [0, 0.05) is 18.9 Å². The summed E-state index contributed by atoms with van der Waals surface area (Å²) in [6.07, 6.45) is 6.66. The Morgan fingerprint density at radius 1 is 1.45 bits per heavy atom. The molecule has 2 aliphatic rings. The quantitative estimate of drug-likeness (QED) is 0.573. The minimum Gasteiger partial charge on any atom is -0.390 e. The molecule has 2 fully saturated rings. The zero-order chi connectivity index (χ0) is 16.4. The molecule has 0 aromatic rings. The minimum atomic E-state index is -0.616. The van der Waals surface area contributed by atoms with Gasteiger partial charge in [-0.25, -0.2) is 0 Å². The number of ketones is 1. The summed E-state index contributed by atoms with van der Waals surface area (Å²) in [5.41, 5.74) is 0.653. The van der Waals surface area contributed by atoms with E-state index in [1.165, 1.54) is 0 Å². The topological polar surface area (TPSA) is 46.5 Å². The molecule has 0 saturated heterocycles. The van der Waals surface area contributed by atoms with Crippen LogP contribution < -0.4 is 0 Å². The second-order valence-corrected chi connectivity index (χ2v) is 8.14. The van der Waals surface area contributed by atoms with Crippen molar-refractivity contribution in [1.82, 2.24) is 0 Å². The summed E-state index contributed by atoms with van der Waals surface area (Å²) in [7, 11) is 0. The smallest absolute Gasteiger partial charge is 0.136 e. The highest BCUT2D eigenvalue weighted by Crippen LogP contribution is 2.56. The van der Waals surface area contributed by atoms with Gasteiger partial charge in [0.25, 0.3) is 0 Å². The van der Waals surface area contributed by atoms with Crippen LogP contribution in [0.15, 0.2) is 12.2 Å². The lowest BCUT2D eigenvalue weighted by Crippen LogP contribution is -2.38. The standard InChI is InChI=1S/C19H32O3/c1-14(13-22-12-6-10-18(2,3)21)15-8-9-16-17(20)7-5-11-19(15,16)4/h15-16,21H,1,5-13H2,2-4H3. The monoisotopic (exact) mass is 308 g/mol. The molecule has 3 atom stereocenters. The van der Waals surface area contributed by atoms with Crippen LogP contribution in [0.3, 0.4) is 0 Å². The van der Waals surface area contributed by atoms with Gasteiger partial charge in [0.15, 0.2) is 0 Å². The molecule has 0 radical (unpaired) electrons. The van der Waals surface area contributed by atoms with Crippen LogP contribution in [-0.2, 0) is 9.53 Å². The van der Waals surface area contributed by atoms with Crippen LogP contribution >= 0.6 is 0 Å². The predicted molar refractivity (Wildman–Crippen MR) is 88.7 cm³/mol. The van der Waals surface area contributed by atoms with Gasteiger partial charge in [-0.3, -0.25) is 4.79 Å². The molecular formula is C19H32O3. The third-order valence-electron chi connectivity index (χ3n) is 5.72. The molecule has 3 unspecified atom stereocenters. The number of hydrogen-bond acceptors (Lipinski definition) is 3. The Morgan fingerprint density at radius 3 is 2.86 bits per heavy atom. The van der Waals surface area contributed by atoms with Crippen molar-refractivity contribution < 1.29 is 14.6 Å². The van der Waals surface area contributed by atoms with E-state index >= 15 is 0 Å². The average molecular weight is 308 g/mol. The Bertz CT molecular complexity index is 421. The molecule has 126 valence electrons. The molecule has 0 aromatic carbocycles. The Kier molecular flexibility index (Phi) is 5.50. The van der Waals surface area contributed by atoms with Crippen molar-refractivity contribution in [3.63, 3.8) is 0 Å². The second kappa shape index (κ2) is 6.84. The third kappa shape index (κ3) is 3.99. The van der Waals surface area contributed by atoms with Crippen LogP contribution in [-0.4, -0.2) is 29.7 Å². The van der Waals surface area contributed by atoms with Crippen molar-refractivity contribution in [1.29, 1.82) is 0 Å². The second-order valence-electron chi connectivity index (χ2n) is 8.14. The fraction of sp³-hybridized carbons (Fsp3) is 0.842. The number of aliphatic hydroxyl groups is 1. The lowest BCUT2D eigenvalue weighted by Gasteiger charge is -2.40. The molecule has 0 aromatic heterocycles. The van der Waals surface area contributed by atoms with Gasteiger partial charge in [0.05, 0.1) is 12.2 Å². The maximum Gasteiger partial charge on any atom is 0.136 e. The van der Waals surface area contributed by atoms with Gasteiger partial charge in [0.1, 0.15) is 5.78 Å². The van der Waals surface area contributed by atoms with Gasteiger partial charge in [-0.05, 0) is 69.3 Å². The molecule has 0 bridgehead atoms. The summed E-state index contributed by atoms with van der Waals surface area (Å²) < 4.78 is 5.76. The van der Waals surface area contributed by atoms with E-state index in [0.717, 1.165) is 50.5 Å². The van der Waals surface area contributed by atoms with Crippen LogP contribution in [0.4, 0.5) is 0 Å². The summed E-state index contributed by atoms with van der Waals surface area (Å²) in [6, 6.07) is 0. The zero-order valence-corrected chi connectivity index (χ0v) is 14.5. The van der Waals surface area contributed by atoms with Gasteiger partial charge in [0.2, 0.25) is 0 Å². The molecule has 2 aliphatic carbocycles. The number of Topliss-reactive ketones (excluding diaryl/α,β-unsaturated/α-hetero) is 1. The van der Waals surface area contributed by atoms with E-state index in [2.05, 4.69) is 13.5 Å². The molecule has 2 saturated carbocycles. The van der Waals surface area contributed by atoms with E-state index in [1.54, 1.807) is 0 Å². The van der Waals surface area contributed by atoms with Crippen LogP contribution in [0, 0.1) is 17.3 Å². The SMILES string of the molecule is C=C(COCCCC(C)(C)O)C1CCC2C(=O)CCCC12C. The maximum atomic E-state index is 12.2. The lowest BCUT2D eigenvalue weighted by atomic mass is 9.63. The first kappa shape index (κ1) is 17.7. The van der Waals surface area contributed by atoms with E-state index in [1.807, 2.05) is 13.8 Å². The van der Waals surface area contributed by atoms with Crippen molar-refractivity contribution in [3.8, 4) is 0 Å². The molecule has 0 spiro atoms. The van der Waals surface area contributed by atoms with Crippen molar-refractivity contribution in [2.24, 2.45) is 17.3 Å². The minimum absolute atomic E-state index is 0.114. The number of carbonyl (C=O) groups excluding carboxylic acids is 1. The fourth-order valence-corrected chi connectivity index (χ4v) is 4.51. The fourth-order valence-electron chi connectivity index (χ4n) is 4.51. The van der Waals surface area contributed by atoms with E-state index in [9.17, 15) is 9.90 Å². The first-order chi connectivity index (χ1) is 10.2. The molecule has 3 heteroatoms. The Hall–Kier alpha value is -0.670. The molecule has 0 amide bonds. The van der Waals surface area contributed by atoms with E-state index in [4.69, 9.17) is 4.74 Å². The maximum absolute atomic E-state index is 12.2. The highest BCUT2D eigenvalue weighted by Gasteiger charge is 2.51. The van der Waals surface area contributed by atoms with Gasteiger partial charge in [-0.1, -0.05) is 13.5 Å². The van der Waals surface area contributed by atoms with Gasteiger partial charge < -0.3 is 9.84 Å². The van der Waals surface area contributed by atoms with Crippen LogP contribution in [0.2, 0.25) is 0 Å². The van der Waals surface area contributed by atoms with E-state index in [0.29, 0.717) is 24.9 Å². The molecule has 0 aliphatic heterocycles. The van der Waals surface area contributed by atoms with Crippen molar-refractivity contribution in [2.45, 2.75) is 71.3 Å². The first-order valence-corrected chi connectivity index (χ1v) is 8.74. The molecule has 1 N–H and O–H groups in total. The number of carbonyl (C=O) groups is 1. The molecule has 22 heavy (non-hydrogen) atoms. The van der Waals surface area contributed by atoms with Crippen LogP contribution in [0.1, 0.15) is 65.7 Å². The third-order valence-corrected chi connectivity index (χ3v) is 5.72. The number of ether oxygens (including phenoxy) is 1. The summed E-state index contributed by atoms with van der Waals surface area (Å²) in [5, 5.41) is 9.68. The van der Waals surface area contributed by atoms with E-state index in [-0.39, 0.29) is 11.3 Å². The first-order valence-electron chi connectivity index (χ1n) is 8.74. The number of hydrogen-bond donors (Lipinski definition) is 1. The average Bonchev–Trinajstić information content (AvgIpc) is 2.75. The normalized spacial score (nSPS) is 32.1. The van der Waals surface area contributed by atoms with Crippen LogP contribution in [0.25, 0.3) is 0 Å². The van der Waals surface area contributed by atoms with Crippen molar-refractivity contribution in [2.75, 3.05) is 13.2 Å². The lowest BCUT2D eigenvalue weighted by molar-refractivity contribution is -0.129. The van der Waals surface area contributed by atoms with Crippen LogP contribution in [0.5, 0.6) is 0 Å². The Labute approximate surface area is 135 Å². The van der Waals surface area contributed by atoms with Gasteiger partial charge >= 0.3 is 0 Å². The number of rotatable bonds is 7. The highest BCUT2D eigenvalue weighted by molar-refractivity contribution is 5.83. The number of fused-ring (bicyclic) bond motifs is 1. The Balaban J connectivity index is 1.79. The van der Waals surface area contributed by atoms with Gasteiger partial charge in [-0.2, -0.15) is 0 Å². The highest BCUT2D eigenvalue weighted by atomic mass is 16.5. The molecule has 0 heterocycles. The van der Waals surface area contributed by atoms with Crippen molar-refractivity contribution >= 4 is 5.78 Å². The predicted octanol–water partition coefficient (Wildman–Crippen LogP) is 3.90. The Morgan fingerprint density at radius 2 is 2.18 bits per heavy atom. The summed E-state index contributed by atoms with van der Waals surface area (Å²) in [4.78, 5) is 12.2. The zero-order valence-electron chi connectivity index (χ0n) is 14.5.